The second-order valence-corrected chi connectivity index (χ2v) is 7.46. The van der Waals surface area contributed by atoms with Gasteiger partial charge in [-0.3, -0.25) is 14.6 Å². The number of fused-ring (bicyclic) bond motifs is 1. The van der Waals surface area contributed by atoms with Gasteiger partial charge in [-0.15, -0.1) is 11.3 Å². The molecule has 0 bridgehead atoms. The smallest absolute Gasteiger partial charge is 0.338 e. The minimum Gasteiger partial charge on any atom is -0.452 e. The molecule has 0 aliphatic rings. The molecule has 7 nitrogen and oxygen atoms in total. The number of anilines is 2. The number of nitrogens with zero attached hydrogens (tertiary/aromatic N) is 1. The summed E-state index contributed by atoms with van der Waals surface area (Å²) in [6.07, 6.45) is 1.68. The lowest BCUT2D eigenvalue weighted by Crippen LogP contribution is -2.21. The van der Waals surface area contributed by atoms with Crippen LogP contribution in [0.25, 0.3) is 10.9 Å². The lowest BCUT2D eigenvalue weighted by molar-refractivity contribution is -0.119. The Morgan fingerprint density at radius 1 is 0.903 bits per heavy atom. The average Bonchev–Trinajstić information content (AvgIpc) is 3.33. The standard InChI is InChI=1S/C23H17N3O4S/c27-21(26-19-6-1-5-18-17(19)4-2-12-24-18)14-30-23(29)15-8-10-16(11-9-15)25-22(28)20-7-3-13-31-20/h1-13H,14H2,(H,25,28)(H,26,27). The number of benzene rings is 2. The van der Waals surface area contributed by atoms with E-state index in [0.29, 0.717) is 16.3 Å². The lowest BCUT2D eigenvalue weighted by Gasteiger charge is -2.09. The van der Waals surface area contributed by atoms with E-state index >= 15 is 0 Å². The minimum absolute atomic E-state index is 0.217. The summed E-state index contributed by atoms with van der Waals surface area (Å²) in [6.45, 7) is -0.424. The first-order valence-electron chi connectivity index (χ1n) is 9.36. The lowest BCUT2D eigenvalue weighted by atomic mass is 10.2. The number of hydrogen-bond acceptors (Lipinski definition) is 6. The van der Waals surface area contributed by atoms with Crippen molar-refractivity contribution in [1.29, 1.82) is 0 Å². The summed E-state index contributed by atoms with van der Waals surface area (Å²) < 4.78 is 5.10. The number of hydrogen-bond donors (Lipinski definition) is 2. The summed E-state index contributed by atoms with van der Waals surface area (Å²) >= 11 is 1.34. The summed E-state index contributed by atoms with van der Waals surface area (Å²) in [5.41, 5.74) is 2.18. The van der Waals surface area contributed by atoms with E-state index in [1.54, 1.807) is 48.7 Å². The summed E-state index contributed by atoms with van der Waals surface area (Å²) in [4.78, 5) is 41.4. The maximum atomic E-state index is 12.2. The largest absolute Gasteiger partial charge is 0.452 e. The summed E-state index contributed by atoms with van der Waals surface area (Å²) in [5, 5.41) is 8.10. The number of nitrogens with one attached hydrogen (secondary N) is 2. The van der Waals surface area contributed by atoms with Gasteiger partial charge >= 0.3 is 5.97 Å². The Labute approximate surface area is 181 Å². The third-order valence-electron chi connectivity index (χ3n) is 4.38. The van der Waals surface area contributed by atoms with Crippen molar-refractivity contribution in [2.24, 2.45) is 0 Å². The van der Waals surface area contributed by atoms with Crippen LogP contribution in [0, 0.1) is 0 Å². The quantitative estimate of drug-likeness (QED) is 0.443. The Balaban J connectivity index is 1.32. The van der Waals surface area contributed by atoms with Crippen molar-refractivity contribution in [3.8, 4) is 0 Å². The molecule has 154 valence electrons. The van der Waals surface area contributed by atoms with Crippen LogP contribution in [0.2, 0.25) is 0 Å². The molecule has 2 amide bonds. The molecule has 0 saturated heterocycles. The molecule has 31 heavy (non-hydrogen) atoms. The van der Waals surface area contributed by atoms with Crippen LogP contribution in [0.15, 0.2) is 78.3 Å². The zero-order valence-corrected chi connectivity index (χ0v) is 17.0. The molecule has 4 rings (SSSR count). The molecule has 0 fully saturated rings. The molecule has 2 N–H and O–H groups in total. The Morgan fingerprint density at radius 2 is 1.74 bits per heavy atom. The first-order chi connectivity index (χ1) is 15.1. The van der Waals surface area contributed by atoms with Crippen LogP contribution in [-0.2, 0) is 9.53 Å². The molecule has 8 heteroatoms. The number of thiophene rings is 1. The van der Waals surface area contributed by atoms with Gasteiger partial charge in [-0.1, -0.05) is 12.1 Å². The van der Waals surface area contributed by atoms with E-state index in [1.807, 2.05) is 17.5 Å². The van der Waals surface area contributed by atoms with Gasteiger partial charge in [0.05, 0.1) is 21.6 Å². The molecular formula is C23H17N3O4S. The highest BCUT2D eigenvalue weighted by atomic mass is 32.1. The van der Waals surface area contributed by atoms with Gasteiger partial charge in [0, 0.05) is 17.3 Å². The molecule has 0 aliphatic heterocycles. The Kier molecular flexibility index (Phi) is 6.00. The molecule has 2 aromatic heterocycles. The topological polar surface area (TPSA) is 97.4 Å². The van der Waals surface area contributed by atoms with E-state index in [9.17, 15) is 14.4 Å². The van der Waals surface area contributed by atoms with Gasteiger partial charge in [0.25, 0.3) is 11.8 Å². The van der Waals surface area contributed by atoms with Crippen LogP contribution in [-0.4, -0.2) is 29.4 Å². The monoisotopic (exact) mass is 431 g/mol. The van der Waals surface area contributed by atoms with Crippen LogP contribution in [0.1, 0.15) is 20.0 Å². The number of carbonyl (C=O) groups is 3. The number of esters is 1. The van der Waals surface area contributed by atoms with Crippen molar-refractivity contribution >= 4 is 51.4 Å². The highest BCUT2D eigenvalue weighted by Gasteiger charge is 2.12. The summed E-state index contributed by atoms with van der Waals surface area (Å²) in [6, 6.07) is 18.8. The van der Waals surface area contributed by atoms with Crippen molar-refractivity contribution in [1.82, 2.24) is 4.98 Å². The number of rotatable bonds is 6. The normalized spacial score (nSPS) is 10.5. The van der Waals surface area contributed by atoms with Crippen molar-refractivity contribution in [2.45, 2.75) is 0 Å². The highest BCUT2D eigenvalue weighted by Crippen LogP contribution is 2.21. The average molecular weight is 431 g/mol. The fourth-order valence-electron chi connectivity index (χ4n) is 2.90. The van der Waals surface area contributed by atoms with Crippen LogP contribution >= 0.6 is 11.3 Å². The number of carbonyl (C=O) groups excluding carboxylic acids is 3. The molecule has 2 heterocycles. The maximum Gasteiger partial charge on any atom is 0.338 e. The van der Waals surface area contributed by atoms with E-state index in [1.165, 1.54) is 23.5 Å². The Bertz CT molecular complexity index is 1230. The molecule has 4 aromatic rings. The number of pyridine rings is 1. The van der Waals surface area contributed by atoms with E-state index < -0.39 is 18.5 Å². The second-order valence-electron chi connectivity index (χ2n) is 6.51. The molecular weight excluding hydrogens is 414 g/mol. The minimum atomic E-state index is -0.633. The Hall–Kier alpha value is -4.04. The van der Waals surface area contributed by atoms with E-state index in [0.717, 1.165) is 10.9 Å². The molecule has 0 unspecified atom stereocenters. The number of amides is 2. The number of ether oxygens (including phenoxy) is 1. The third kappa shape index (κ3) is 4.93. The molecule has 2 aromatic carbocycles. The molecule has 0 atom stereocenters. The predicted molar refractivity (Wildman–Crippen MR) is 119 cm³/mol. The number of aromatic nitrogens is 1. The summed E-state index contributed by atoms with van der Waals surface area (Å²) in [7, 11) is 0. The van der Waals surface area contributed by atoms with E-state index in [2.05, 4.69) is 15.6 Å². The Morgan fingerprint density at radius 3 is 2.52 bits per heavy atom. The fourth-order valence-corrected chi connectivity index (χ4v) is 3.52. The predicted octanol–water partition coefficient (Wildman–Crippen LogP) is 4.34. The van der Waals surface area contributed by atoms with E-state index in [-0.39, 0.29) is 11.5 Å². The van der Waals surface area contributed by atoms with Gasteiger partial charge in [0.2, 0.25) is 0 Å². The fraction of sp³-hybridized carbons (Fsp3) is 0.0435. The van der Waals surface area contributed by atoms with Crippen LogP contribution in [0.5, 0.6) is 0 Å². The summed E-state index contributed by atoms with van der Waals surface area (Å²) in [5.74, 6) is -1.30. The second kappa shape index (κ2) is 9.19. The molecule has 0 radical (unpaired) electrons. The van der Waals surface area contributed by atoms with E-state index in [4.69, 9.17) is 4.74 Å². The first kappa shape index (κ1) is 20.2. The van der Waals surface area contributed by atoms with Crippen LogP contribution in [0.3, 0.4) is 0 Å². The SMILES string of the molecule is O=C(COC(=O)c1ccc(NC(=O)c2cccs2)cc1)Nc1cccc2ncccc12. The van der Waals surface area contributed by atoms with Crippen LogP contribution < -0.4 is 10.6 Å². The van der Waals surface area contributed by atoms with Crippen molar-refractivity contribution < 1.29 is 19.1 Å². The first-order valence-corrected chi connectivity index (χ1v) is 10.2. The highest BCUT2D eigenvalue weighted by molar-refractivity contribution is 7.12. The van der Waals surface area contributed by atoms with Gasteiger partial charge in [0.1, 0.15) is 0 Å². The van der Waals surface area contributed by atoms with Crippen molar-refractivity contribution in [2.75, 3.05) is 17.2 Å². The maximum absolute atomic E-state index is 12.2. The zero-order valence-electron chi connectivity index (χ0n) is 16.2. The van der Waals surface area contributed by atoms with Gasteiger partial charge in [-0.05, 0) is 60.0 Å². The third-order valence-corrected chi connectivity index (χ3v) is 5.25. The van der Waals surface area contributed by atoms with Gasteiger partial charge in [0.15, 0.2) is 6.61 Å². The molecule has 0 aliphatic carbocycles. The van der Waals surface area contributed by atoms with Gasteiger partial charge < -0.3 is 15.4 Å². The van der Waals surface area contributed by atoms with Crippen LogP contribution in [0.4, 0.5) is 11.4 Å². The molecule has 0 saturated carbocycles. The van der Waals surface area contributed by atoms with Crippen molar-refractivity contribution in [3.63, 3.8) is 0 Å². The molecule has 0 spiro atoms. The zero-order chi connectivity index (χ0) is 21.6. The van der Waals surface area contributed by atoms with Crippen molar-refractivity contribution in [3.05, 3.63) is 88.7 Å². The van der Waals surface area contributed by atoms with Gasteiger partial charge in [-0.2, -0.15) is 0 Å². The van der Waals surface area contributed by atoms with Gasteiger partial charge in [-0.25, -0.2) is 4.79 Å².